The number of ether oxygens (including phenoxy) is 1. The molecule has 0 saturated heterocycles. The number of benzene rings is 2. The summed E-state index contributed by atoms with van der Waals surface area (Å²) >= 11 is 0. The first-order valence-corrected chi connectivity index (χ1v) is 7.64. The monoisotopic (exact) mass is 325 g/mol. The summed E-state index contributed by atoms with van der Waals surface area (Å²) in [7, 11) is 3.31. The number of para-hydroxylation sites is 2. The number of methoxy groups -OCH3 is 1. The van der Waals surface area contributed by atoms with Crippen LogP contribution in [0.1, 0.15) is 5.56 Å². The molecule has 1 aromatic heterocycles. The number of rotatable bonds is 5. The highest BCUT2D eigenvalue weighted by atomic mass is 16.5. The maximum Gasteiger partial charge on any atom is 0.329 e. The number of aromatic nitrogens is 2. The second-order valence-electron chi connectivity index (χ2n) is 5.54. The summed E-state index contributed by atoms with van der Waals surface area (Å²) in [6, 6.07) is 14.9. The predicted octanol–water partition coefficient (Wildman–Crippen LogP) is 1.66. The Morgan fingerprint density at radius 3 is 2.62 bits per heavy atom. The molecule has 1 N–H and O–H groups in total. The Hall–Kier alpha value is -3.02. The fourth-order valence-electron chi connectivity index (χ4n) is 2.70. The minimum absolute atomic E-state index is 0.00977. The van der Waals surface area contributed by atoms with Gasteiger partial charge in [-0.3, -0.25) is 13.9 Å². The lowest BCUT2D eigenvalue weighted by molar-refractivity contribution is -0.121. The normalized spacial score (nSPS) is 10.8. The first-order valence-electron chi connectivity index (χ1n) is 7.64. The van der Waals surface area contributed by atoms with E-state index in [-0.39, 0.29) is 18.1 Å². The van der Waals surface area contributed by atoms with Crippen LogP contribution in [0.25, 0.3) is 11.0 Å². The van der Waals surface area contributed by atoms with Crippen molar-refractivity contribution in [3.63, 3.8) is 0 Å². The third-order valence-corrected chi connectivity index (χ3v) is 3.98. The van der Waals surface area contributed by atoms with Crippen molar-refractivity contribution in [1.29, 1.82) is 0 Å². The van der Waals surface area contributed by atoms with Crippen LogP contribution in [0.2, 0.25) is 0 Å². The van der Waals surface area contributed by atoms with Gasteiger partial charge in [-0.1, -0.05) is 24.3 Å². The highest BCUT2D eigenvalue weighted by Crippen LogP contribution is 2.13. The molecule has 3 rings (SSSR count). The van der Waals surface area contributed by atoms with Crippen LogP contribution in [0.3, 0.4) is 0 Å². The van der Waals surface area contributed by atoms with E-state index in [0.717, 1.165) is 22.3 Å². The molecule has 0 aliphatic carbocycles. The van der Waals surface area contributed by atoms with E-state index < -0.39 is 0 Å². The number of nitrogens with zero attached hydrogens (tertiary/aromatic N) is 2. The first kappa shape index (κ1) is 15.9. The third kappa shape index (κ3) is 3.03. The largest absolute Gasteiger partial charge is 0.497 e. The molecule has 1 heterocycles. The van der Waals surface area contributed by atoms with Gasteiger partial charge in [-0.25, -0.2) is 4.79 Å². The van der Waals surface area contributed by atoms with Crippen molar-refractivity contribution >= 4 is 16.9 Å². The van der Waals surface area contributed by atoms with Gasteiger partial charge in [0.1, 0.15) is 12.3 Å². The number of amides is 1. The van der Waals surface area contributed by atoms with Gasteiger partial charge in [-0.2, -0.15) is 0 Å². The van der Waals surface area contributed by atoms with Gasteiger partial charge in [-0.05, 0) is 29.8 Å². The van der Waals surface area contributed by atoms with E-state index in [2.05, 4.69) is 5.32 Å². The second-order valence-corrected chi connectivity index (χ2v) is 5.54. The van der Waals surface area contributed by atoms with Crippen LogP contribution in [0, 0.1) is 0 Å². The van der Waals surface area contributed by atoms with Crippen LogP contribution in [-0.2, 0) is 24.9 Å². The number of hydrogen-bond acceptors (Lipinski definition) is 3. The van der Waals surface area contributed by atoms with Gasteiger partial charge in [0.2, 0.25) is 5.91 Å². The SMILES string of the molecule is COc1cccc(CNC(=O)Cn2c(=O)n(C)c3ccccc32)c1. The Bertz CT molecular complexity index is 940. The molecule has 1 amide bonds. The molecule has 3 aromatic rings. The number of carbonyl (C=O) groups is 1. The zero-order valence-corrected chi connectivity index (χ0v) is 13.7. The highest BCUT2D eigenvalue weighted by Gasteiger charge is 2.12. The lowest BCUT2D eigenvalue weighted by Gasteiger charge is -2.07. The topological polar surface area (TPSA) is 65.3 Å². The van der Waals surface area contributed by atoms with Gasteiger partial charge >= 0.3 is 5.69 Å². The van der Waals surface area contributed by atoms with Gasteiger partial charge in [-0.15, -0.1) is 0 Å². The minimum Gasteiger partial charge on any atom is -0.497 e. The molecule has 0 saturated carbocycles. The van der Waals surface area contributed by atoms with Crippen molar-refractivity contribution in [1.82, 2.24) is 14.5 Å². The Kier molecular flexibility index (Phi) is 4.37. The molecule has 24 heavy (non-hydrogen) atoms. The van der Waals surface area contributed by atoms with E-state index in [9.17, 15) is 9.59 Å². The van der Waals surface area contributed by atoms with Crippen molar-refractivity contribution in [2.45, 2.75) is 13.1 Å². The van der Waals surface area contributed by atoms with E-state index in [4.69, 9.17) is 4.74 Å². The molecule has 2 aromatic carbocycles. The summed E-state index contributed by atoms with van der Waals surface area (Å²) < 4.78 is 8.19. The molecule has 6 heteroatoms. The summed E-state index contributed by atoms with van der Waals surface area (Å²) in [5.41, 5.74) is 2.30. The summed E-state index contributed by atoms with van der Waals surface area (Å²) in [4.78, 5) is 24.5. The average molecular weight is 325 g/mol. The Balaban J connectivity index is 1.74. The lowest BCUT2D eigenvalue weighted by atomic mass is 10.2. The number of fused-ring (bicyclic) bond motifs is 1. The quantitative estimate of drug-likeness (QED) is 0.776. The zero-order chi connectivity index (χ0) is 17.1. The summed E-state index contributed by atoms with van der Waals surface area (Å²) in [5, 5.41) is 2.84. The third-order valence-electron chi connectivity index (χ3n) is 3.98. The molecule has 0 aliphatic heterocycles. The number of hydrogen-bond donors (Lipinski definition) is 1. The summed E-state index contributed by atoms with van der Waals surface area (Å²) in [6.45, 7) is 0.375. The van der Waals surface area contributed by atoms with E-state index in [1.807, 2.05) is 48.5 Å². The maximum absolute atomic E-state index is 12.3. The van der Waals surface area contributed by atoms with E-state index >= 15 is 0 Å². The van der Waals surface area contributed by atoms with Gasteiger partial charge in [0.15, 0.2) is 0 Å². The zero-order valence-electron chi connectivity index (χ0n) is 13.7. The molecular weight excluding hydrogens is 306 g/mol. The summed E-state index contributed by atoms with van der Waals surface area (Å²) in [6.07, 6.45) is 0. The molecule has 0 bridgehead atoms. The van der Waals surface area contributed by atoms with Crippen molar-refractivity contribution in [3.05, 3.63) is 64.6 Å². The van der Waals surface area contributed by atoms with Gasteiger partial charge in [0, 0.05) is 13.6 Å². The first-order chi connectivity index (χ1) is 11.6. The molecule has 0 unspecified atom stereocenters. The Morgan fingerprint density at radius 2 is 1.88 bits per heavy atom. The smallest absolute Gasteiger partial charge is 0.329 e. The standard InChI is InChI=1S/C18H19N3O3/c1-20-15-8-3-4-9-16(15)21(18(20)23)12-17(22)19-11-13-6-5-7-14(10-13)24-2/h3-10H,11-12H2,1-2H3,(H,19,22). The van der Waals surface area contributed by atoms with Crippen LogP contribution in [0.4, 0.5) is 0 Å². The number of carbonyl (C=O) groups excluding carboxylic acids is 1. The molecule has 0 radical (unpaired) electrons. The fraction of sp³-hybridized carbons (Fsp3) is 0.222. The van der Waals surface area contributed by atoms with Crippen LogP contribution in [0.15, 0.2) is 53.3 Å². The Morgan fingerprint density at radius 1 is 1.12 bits per heavy atom. The fourth-order valence-corrected chi connectivity index (χ4v) is 2.70. The van der Waals surface area contributed by atoms with Crippen LogP contribution < -0.4 is 15.7 Å². The lowest BCUT2D eigenvalue weighted by Crippen LogP contribution is -2.32. The molecule has 0 atom stereocenters. The molecule has 124 valence electrons. The van der Waals surface area contributed by atoms with Crippen molar-refractivity contribution < 1.29 is 9.53 Å². The summed E-state index contributed by atoms with van der Waals surface area (Å²) in [5.74, 6) is 0.531. The van der Waals surface area contributed by atoms with E-state index in [0.29, 0.717) is 6.54 Å². The minimum atomic E-state index is -0.212. The Labute approximate surface area is 139 Å². The van der Waals surface area contributed by atoms with E-state index in [1.165, 1.54) is 4.57 Å². The maximum atomic E-state index is 12.3. The van der Waals surface area contributed by atoms with Crippen molar-refractivity contribution in [2.75, 3.05) is 7.11 Å². The predicted molar refractivity (Wildman–Crippen MR) is 92.0 cm³/mol. The van der Waals surface area contributed by atoms with Gasteiger partial charge in [0.05, 0.1) is 18.1 Å². The molecule has 0 spiro atoms. The highest BCUT2D eigenvalue weighted by molar-refractivity contribution is 5.80. The van der Waals surface area contributed by atoms with Crippen molar-refractivity contribution in [3.8, 4) is 5.75 Å². The number of aryl methyl sites for hydroxylation is 1. The number of imidazole rings is 1. The second kappa shape index (κ2) is 6.62. The van der Waals surface area contributed by atoms with Crippen LogP contribution in [-0.4, -0.2) is 22.2 Å². The molecular formula is C18H19N3O3. The average Bonchev–Trinajstić information content (AvgIpc) is 2.85. The van der Waals surface area contributed by atoms with Crippen molar-refractivity contribution in [2.24, 2.45) is 7.05 Å². The number of nitrogens with one attached hydrogen (secondary N) is 1. The molecule has 6 nitrogen and oxygen atoms in total. The van der Waals surface area contributed by atoms with Crippen LogP contribution in [0.5, 0.6) is 5.75 Å². The van der Waals surface area contributed by atoms with Crippen LogP contribution >= 0.6 is 0 Å². The molecule has 0 fully saturated rings. The molecule has 0 aliphatic rings. The van der Waals surface area contributed by atoms with Gasteiger partial charge in [0.25, 0.3) is 0 Å². The van der Waals surface area contributed by atoms with E-state index in [1.54, 1.807) is 18.7 Å². The van der Waals surface area contributed by atoms with Gasteiger partial charge < -0.3 is 10.1 Å².